The molecule has 3 rings (SSSR count). The monoisotopic (exact) mass is 452 g/mol. The fourth-order valence-electron chi connectivity index (χ4n) is 3.00. The number of ether oxygens (including phenoxy) is 1. The summed E-state index contributed by atoms with van der Waals surface area (Å²) >= 11 is 7.88. The molecule has 0 N–H and O–H groups in total. The number of hydrogen-bond acceptors (Lipinski definition) is 6. The van der Waals surface area contributed by atoms with Crippen molar-refractivity contribution in [1.29, 1.82) is 0 Å². The summed E-state index contributed by atoms with van der Waals surface area (Å²) in [5, 5.41) is 1.21. The zero-order valence-electron chi connectivity index (χ0n) is 16.5. The number of carbonyl (C=O) groups is 1. The Bertz CT molecular complexity index is 1180. The lowest BCUT2D eigenvalue weighted by molar-refractivity contribution is -0.142. The Balaban J connectivity index is 2.03. The second-order valence-corrected chi connectivity index (χ2v) is 10.0. The van der Waals surface area contributed by atoms with Gasteiger partial charge in [0, 0.05) is 11.1 Å². The zero-order chi connectivity index (χ0) is 21.3. The minimum absolute atomic E-state index is 0.0113. The van der Waals surface area contributed by atoms with E-state index in [1.54, 1.807) is 37.5 Å². The molecule has 0 bridgehead atoms. The van der Waals surface area contributed by atoms with E-state index in [1.165, 1.54) is 17.6 Å². The van der Waals surface area contributed by atoms with E-state index in [1.807, 2.05) is 18.2 Å². The fourth-order valence-corrected chi connectivity index (χ4v) is 5.31. The Morgan fingerprint density at radius 1 is 1.24 bits per heavy atom. The zero-order valence-corrected chi connectivity index (χ0v) is 18.9. The second kappa shape index (κ2) is 8.30. The first-order chi connectivity index (χ1) is 13.6. The number of nitrogens with zero attached hydrogens (tertiary/aromatic N) is 2. The number of imidazole rings is 1. The van der Waals surface area contributed by atoms with Gasteiger partial charge in [-0.1, -0.05) is 23.7 Å². The van der Waals surface area contributed by atoms with E-state index < -0.39 is 9.84 Å². The van der Waals surface area contributed by atoms with Gasteiger partial charge >= 0.3 is 5.97 Å². The highest BCUT2D eigenvalue weighted by molar-refractivity contribution is 7.90. The highest BCUT2D eigenvalue weighted by atomic mass is 35.5. The number of aryl methyl sites for hydroxylation is 2. The molecule has 0 saturated heterocycles. The number of sulfone groups is 1. The molecule has 0 radical (unpaired) electrons. The molecule has 6 nitrogen and oxygen atoms in total. The molecule has 0 aliphatic rings. The molecule has 1 aromatic carbocycles. The lowest BCUT2D eigenvalue weighted by atomic mass is 10.1. The largest absolute Gasteiger partial charge is 0.466 e. The van der Waals surface area contributed by atoms with Crippen molar-refractivity contribution in [2.75, 3.05) is 12.9 Å². The summed E-state index contributed by atoms with van der Waals surface area (Å²) in [6.45, 7) is 5.60. The topological polar surface area (TPSA) is 78.3 Å². The van der Waals surface area contributed by atoms with Crippen molar-refractivity contribution >= 4 is 38.7 Å². The van der Waals surface area contributed by atoms with Gasteiger partial charge in [0.1, 0.15) is 22.4 Å². The third kappa shape index (κ3) is 4.55. The average Bonchev–Trinajstić information content (AvgIpc) is 3.20. The van der Waals surface area contributed by atoms with Gasteiger partial charge in [-0.15, -0.1) is 11.3 Å². The lowest BCUT2D eigenvalue weighted by Gasteiger charge is -2.07. The first kappa shape index (κ1) is 21.5. The van der Waals surface area contributed by atoms with Crippen molar-refractivity contribution in [2.45, 2.75) is 32.1 Å². The molecule has 0 aliphatic heterocycles. The van der Waals surface area contributed by atoms with Crippen molar-refractivity contribution in [2.24, 2.45) is 0 Å². The Morgan fingerprint density at radius 3 is 2.62 bits per heavy atom. The number of hydrogen-bond donors (Lipinski definition) is 0. The summed E-state index contributed by atoms with van der Waals surface area (Å²) in [6, 6.07) is 9.14. The number of aromatic nitrogens is 2. The molecule has 0 fully saturated rings. The lowest BCUT2D eigenvalue weighted by Crippen LogP contribution is -2.11. The van der Waals surface area contributed by atoms with Crippen LogP contribution in [0.5, 0.6) is 0 Å². The van der Waals surface area contributed by atoms with Crippen LogP contribution in [0.1, 0.15) is 24.0 Å². The Labute approximate surface area is 179 Å². The Morgan fingerprint density at radius 2 is 1.97 bits per heavy atom. The van der Waals surface area contributed by atoms with Crippen LogP contribution < -0.4 is 0 Å². The van der Waals surface area contributed by atoms with Gasteiger partial charge in [0.2, 0.25) is 0 Å². The number of halogens is 1. The molecule has 0 spiro atoms. The molecule has 9 heteroatoms. The SMILES string of the molecule is CCOC(=O)Cc1nc(C)c(Cl)n1-c1ccc(-c2ccc(C)c(S(C)(=O)=O)c2)s1. The molecular formula is C20H21ClN2O4S2. The molecule has 3 aromatic rings. The van der Waals surface area contributed by atoms with Gasteiger partial charge in [0.15, 0.2) is 9.84 Å². The summed E-state index contributed by atoms with van der Waals surface area (Å²) in [5.74, 6) is 0.128. The third-order valence-electron chi connectivity index (χ3n) is 4.34. The molecule has 0 amide bonds. The quantitative estimate of drug-likeness (QED) is 0.518. The maximum absolute atomic E-state index is 12.0. The van der Waals surface area contributed by atoms with E-state index in [0.717, 1.165) is 15.4 Å². The summed E-state index contributed by atoms with van der Waals surface area (Å²) in [5.41, 5.74) is 2.13. The maximum Gasteiger partial charge on any atom is 0.313 e. The van der Waals surface area contributed by atoms with Crippen LogP contribution in [-0.4, -0.2) is 36.8 Å². The molecule has 29 heavy (non-hydrogen) atoms. The second-order valence-electron chi connectivity index (χ2n) is 6.61. The van der Waals surface area contributed by atoms with Crippen LogP contribution in [0, 0.1) is 13.8 Å². The Kier molecular flexibility index (Phi) is 6.16. The molecule has 154 valence electrons. The Hall–Kier alpha value is -2.16. The molecule has 0 unspecified atom stereocenters. The van der Waals surface area contributed by atoms with E-state index in [9.17, 15) is 13.2 Å². The molecule has 0 atom stereocenters. The summed E-state index contributed by atoms with van der Waals surface area (Å²) in [4.78, 5) is 17.5. The normalized spacial score (nSPS) is 11.6. The van der Waals surface area contributed by atoms with Gasteiger partial charge < -0.3 is 4.74 Å². The fraction of sp³-hybridized carbons (Fsp3) is 0.300. The number of carbonyl (C=O) groups excluding carboxylic acids is 1. The smallest absolute Gasteiger partial charge is 0.313 e. The molecular weight excluding hydrogens is 432 g/mol. The van der Waals surface area contributed by atoms with Crippen LogP contribution >= 0.6 is 22.9 Å². The summed E-state index contributed by atoms with van der Waals surface area (Å²) < 4.78 is 30.8. The van der Waals surface area contributed by atoms with Gasteiger partial charge in [-0.25, -0.2) is 13.4 Å². The summed E-state index contributed by atoms with van der Waals surface area (Å²) in [6.07, 6.45) is 1.21. The average molecular weight is 453 g/mol. The number of rotatable bonds is 6. The minimum Gasteiger partial charge on any atom is -0.466 e. The number of benzene rings is 1. The standard InChI is InChI=1S/C20H21ClN2O4S2/c1-5-27-19(24)11-17-22-13(3)20(21)23(17)18-9-8-15(28-18)14-7-6-12(2)16(10-14)29(4,25)26/h6-10H,5,11H2,1-4H3. The molecule has 2 aromatic heterocycles. The van der Waals surface area contributed by atoms with Crippen LogP contribution in [0.3, 0.4) is 0 Å². The first-order valence-electron chi connectivity index (χ1n) is 8.92. The van der Waals surface area contributed by atoms with Crippen LogP contribution in [0.4, 0.5) is 0 Å². The van der Waals surface area contributed by atoms with E-state index >= 15 is 0 Å². The van der Waals surface area contributed by atoms with Crippen molar-refractivity contribution in [1.82, 2.24) is 9.55 Å². The third-order valence-corrected chi connectivity index (χ3v) is 7.14. The molecule has 0 saturated carbocycles. The van der Waals surface area contributed by atoms with Crippen molar-refractivity contribution in [3.63, 3.8) is 0 Å². The van der Waals surface area contributed by atoms with E-state index in [2.05, 4.69) is 4.98 Å². The highest BCUT2D eigenvalue weighted by Crippen LogP contribution is 2.35. The van der Waals surface area contributed by atoms with Crippen LogP contribution in [-0.2, 0) is 25.8 Å². The van der Waals surface area contributed by atoms with Crippen molar-refractivity contribution < 1.29 is 17.9 Å². The van der Waals surface area contributed by atoms with Crippen molar-refractivity contribution in [3.8, 4) is 15.4 Å². The van der Waals surface area contributed by atoms with Gasteiger partial charge in [-0.05, 0) is 50.1 Å². The maximum atomic E-state index is 12.0. The minimum atomic E-state index is -3.32. The van der Waals surface area contributed by atoms with E-state index in [0.29, 0.717) is 33.7 Å². The van der Waals surface area contributed by atoms with Crippen LogP contribution in [0.25, 0.3) is 15.4 Å². The molecule has 2 heterocycles. The predicted octanol–water partition coefficient (Wildman–Crippen LogP) is 4.38. The van der Waals surface area contributed by atoms with Crippen molar-refractivity contribution in [3.05, 3.63) is 52.6 Å². The van der Waals surface area contributed by atoms with Crippen LogP contribution in [0.2, 0.25) is 5.15 Å². The van der Waals surface area contributed by atoms with E-state index in [4.69, 9.17) is 16.3 Å². The number of esters is 1. The highest BCUT2D eigenvalue weighted by Gasteiger charge is 2.20. The van der Waals surface area contributed by atoms with Gasteiger partial charge in [0.05, 0.1) is 17.2 Å². The first-order valence-corrected chi connectivity index (χ1v) is 12.0. The summed E-state index contributed by atoms with van der Waals surface area (Å²) in [7, 11) is -3.32. The number of thiophene rings is 1. The predicted molar refractivity (Wildman–Crippen MR) is 115 cm³/mol. The van der Waals surface area contributed by atoms with Gasteiger partial charge in [-0.2, -0.15) is 0 Å². The van der Waals surface area contributed by atoms with E-state index in [-0.39, 0.29) is 12.4 Å². The van der Waals surface area contributed by atoms with Gasteiger partial charge in [-0.3, -0.25) is 9.36 Å². The van der Waals surface area contributed by atoms with Crippen LogP contribution in [0.15, 0.2) is 35.2 Å². The molecule has 0 aliphatic carbocycles. The van der Waals surface area contributed by atoms with Gasteiger partial charge in [0.25, 0.3) is 0 Å².